The Morgan fingerprint density at radius 2 is 1.00 bits per heavy atom. The molecule has 1 fully saturated rings. The number of primary amides is 4. The molecule has 0 saturated carbocycles. The number of benzene rings is 1. The molecule has 10 atom stereocenters. The second-order valence-corrected chi connectivity index (χ2v) is 18.0. The lowest BCUT2D eigenvalue weighted by molar-refractivity contribution is -0.146. The first-order chi connectivity index (χ1) is 36.4. The van der Waals surface area contributed by atoms with Gasteiger partial charge in [0.15, 0.2) is 6.04 Å². The number of nitrogens with one attached hydrogen (secondary N) is 7. The van der Waals surface area contributed by atoms with Crippen LogP contribution in [-0.2, 0) is 78.3 Å². The van der Waals surface area contributed by atoms with Gasteiger partial charge in [0.25, 0.3) is 0 Å². The first-order valence-electron chi connectivity index (χ1n) is 23.8. The average Bonchev–Trinajstić information content (AvgIpc) is 3.84. The van der Waals surface area contributed by atoms with Crippen molar-refractivity contribution >= 4 is 88.8 Å². The molecule has 2 rings (SSSR count). The molecule has 0 bridgehead atoms. The number of phenolic OH excluding ortho intramolecular Hbond substituents is 1. The van der Waals surface area contributed by atoms with Gasteiger partial charge in [-0.05, 0) is 56.7 Å². The van der Waals surface area contributed by atoms with E-state index in [0.29, 0.717) is 5.56 Å². The van der Waals surface area contributed by atoms with Crippen LogP contribution < -0.4 is 65.9 Å². The minimum absolute atomic E-state index is 0.0979. The van der Waals surface area contributed by atoms with E-state index in [-0.39, 0.29) is 44.4 Å². The number of carbonyl (C=O) groups is 15. The van der Waals surface area contributed by atoms with Crippen LogP contribution in [-0.4, -0.2) is 186 Å². The maximum absolute atomic E-state index is 14.2. The van der Waals surface area contributed by atoms with Crippen molar-refractivity contribution in [1.29, 1.82) is 0 Å². The van der Waals surface area contributed by atoms with Gasteiger partial charge in [-0.25, -0.2) is 4.79 Å². The molecule has 1 aromatic carbocycles. The standard InChI is InChI=1S/C45H65N13O20/c1-19(59)36(45(77)78)57-42(74)25(15-20-4-6-21(60)7-5-20)55-43(75)29-3-2-14-58(29)44(76)28(18-35(67)68)56-39(71)24(10-13-34(65)66)52-40(72)26(16-32(49)63)54-41(73)27(17-33(50)64)53-38(70)23(9-12-31(48)62)51-37(69)22(46)8-11-30(47)61/h4-7,19,22-29,36,59-60H,2-3,8-18,46H2,1H3,(H2,47,61)(H2,48,62)(H2,49,63)(H2,50,64)(H,51,69)(H,52,72)(H,53,70)(H,54,73)(H,55,75)(H,56,71)(H,57,74)(H,65,66)(H,67,68)(H,77,78)/t19-,22+,23+,24+,25+,26+,27+,28+,29+,36+/m1/s1. The first-order valence-corrected chi connectivity index (χ1v) is 23.8. The SMILES string of the molecule is C[C@@H](O)[C@H](NC(=O)[C@H](Cc1ccc(O)cc1)NC(=O)[C@@H]1CCCN1C(=O)[C@H](CC(=O)O)NC(=O)[C@H](CCC(=O)O)NC(=O)[C@H](CC(N)=O)NC(=O)[C@H](CC(N)=O)NC(=O)[C@H](CCC(N)=O)NC(=O)[C@@H](N)CCC(N)=O)C(=O)O. The van der Waals surface area contributed by atoms with E-state index in [1.54, 1.807) is 0 Å². The van der Waals surface area contributed by atoms with Crippen molar-refractivity contribution in [3.63, 3.8) is 0 Å². The van der Waals surface area contributed by atoms with Crippen molar-refractivity contribution in [2.24, 2.45) is 28.7 Å². The van der Waals surface area contributed by atoms with Crippen LogP contribution in [0.4, 0.5) is 0 Å². The highest BCUT2D eigenvalue weighted by Gasteiger charge is 2.41. The maximum Gasteiger partial charge on any atom is 0.328 e. The minimum atomic E-state index is -2.11. The van der Waals surface area contributed by atoms with E-state index in [2.05, 4.69) is 31.9 Å². The molecule has 12 amide bonds. The number of aromatic hydroxyl groups is 1. The van der Waals surface area contributed by atoms with Crippen molar-refractivity contribution in [2.75, 3.05) is 6.54 Å². The Balaban J connectivity index is 2.44. The molecule has 0 radical (unpaired) electrons. The number of likely N-dealkylation sites (tertiary alicyclic amines) is 1. The van der Waals surface area contributed by atoms with Gasteiger partial charge in [-0.1, -0.05) is 12.1 Å². The van der Waals surface area contributed by atoms with Gasteiger partial charge in [-0.2, -0.15) is 0 Å². The van der Waals surface area contributed by atoms with Crippen LogP contribution in [0.25, 0.3) is 0 Å². The number of carbonyl (C=O) groups excluding carboxylic acids is 12. The first kappa shape index (κ1) is 65.1. The fourth-order valence-electron chi connectivity index (χ4n) is 7.58. The van der Waals surface area contributed by atoms with E-state index < -0.39 is 194 Å². The predicted octanol–water partition coefficient (Wildman–Crippen LogP) is -8.27. The van der Waals surface area contributed by atoms with Gasteiger partial charge in [0.05, 0.1) is 31.4 Å². The molecule has 33 nitrogen and oxygen atoms in total. The zero-order valence-corrected chi connectivity index (χ0v) is 42.0. The highest BCUT2D eigenvalue weighted by Crippen LogP contribution is 2.21. The monoisotopic (exact) mass is 1110 g/mol. The lowest BCUT2D eigenvalue weighted by Crippen LogP contribution is -2.61. The quantitative estimate of drug-likeness (QED) is 0.0305. The molecular formula is C45H65N13O20. The van der Waals surface area contributed by atoms with Crippen molar-refractivity contribution in [1.82, 2.24) is 42.1 Å². The van der Waals surface area contributed by atoms with Gasteiger partial charge in [0, 0.05) is 32.2 Å². The summed E-state index contributed by atoms with van der Waals surface area (Å²) in [6.07, 6.45) is -8.55. The van der Waals surface area contributed by atoms with Gasteiger partial charge >= 0.3 is 17.9 Å². The lowest BCUT2D eigenvalue weighted by Gasteiger charge is -2.30. The number of rotatable bonds is 34. The Morgan fingerprint density at radius 1 is 0.551 bits per heavy atom. The smallest absolute Gasteiger partial charge is 0.328 e. The summed E-state index contributed by atoms with van der Waals surface area (Å²) >= 11 is 0. The van der Waals surface area contributed by atoms with Crippen LogP contribution >= 0.6 is 0 Å². The molecule has 1 aromatic rings. The lowest BCUT2D eigenvalue weighted by atomic mass is 10.0. The molecule has 1 heterocycles. The Morgan fingerprint density at radius 3 is 1.46 bits per heavy atom. The number of aliphatic carboxylic acids is 3. The Labute approximate surface area is 442 Å². The van der Waals surface area contributed by atoms with E-state index in [4.69, 9.17) is 28.7 Å². The van der Waals surface area contributed by atoms with Gasteiger partial charge in [0.1, 0.15) is 48.0 Å². The largest absolute Gasteiger partial charge is 0.508 e. The number of nitrogens with zero attached hydrogens (tertiary/aromatic N) is 1. The molecule has 1 aliphatic heterocycles. The van der Waals surface area contributed by atoms with Crippen LogP contribution in [0, 0.1) is 0 Å². The number of carboxylic acid groups (broad SMARTS) is 3. The molecule has 0 aromatic heterocycles. The fourth-order valence-corrected chi connectivity index (χ4v) is 7.58. The number of aliphatic hydroxyl groups is 1. The predicted molar refractivity (Wildman–Crippen MR) is 261 cm³/mol. The molecule has 0 aliphatic carbocycles. The van der Waals surface area contributed by atoms with Crippen molar-refractivity contribution in [3.8, 4) is 5.75 Å². The molecule has 0 spiro atoms. The number of hydrogen-bond donors (Lipinski definition) is 17. The summed E-state index contributed by atoms with van der Waals surface area (Å²) in [5.74, 6) is -19.2. The topological polar surface area (TPSA) is 575 Å². The summed E-state index contributed by atoms with van der Waals surface area (Å²) in [6, 6.07) is -10.9. The summed E-state index contributed by atoms with van der Waals surface area (Å²) in [5, 5.41) is 63.7. The summed E-state index contributed by atoms with van der Waals surface area (Å²) in [4.78, 5) is 193. The Kier molecular flexibility index (Phi) is 26.0. The summed E-state index contributed by atoms with van der Waals surface area (Å²) in [7, 11) is 0. The maximum atomic E-state index is 14.2. The third kappa shape index (κ3) is 22.5. The number of carboxylic acids is 3. The summed E-state index contributed by atoms with van der Waals surface area (Å²) < 4.78 is 0. The van der Waals surface area contributed by atoms with Crippen molar-refractivity contribution < 1.29 is 97.5 Å². The highest BCUT2D eigenvalue weighted by molar-refractivity contribution is 6.01. The number of nitrogens with two attached hydrogens (primary N) is 5. The van der Waals surface area contributed by atoms with Crippen LogP contribution in [0.5, 0.6) is 5.75 Å². The minimum Gasteiger partial charge on any atom is -0.508 e. The molecule has 0 unspecified atom stereocenters. The zero-order chi connectivity index (χ0) is 59.1. The van der Waals surface area contributed by atoms with E-state index >= 15 is 0 Å². The summed E-state index contributed by atoms with van der Waals surface area (Å²) in [6.45, 7) is 0.847. The molecule has 78 heavy (non-hydrogen) atoms. The van der Waals surface area contributed by atoms with Crippen molar-refractivity contribution in [3.05, 3.63) is 29.8 Å². The molecule has 430 valence electrons. The summed E-state index contributed by atoms with van der Waals surface area (Å²) in [5.41, 5.74) is 27.0. The normalized spacial score (nSPS) is 16.3. The van der Waals surface area contributed by atoms with Gasteiger partial charge in [-0.15, -0.1) is 0 Å². The fraction of sp³-hybridized carbons (Fsp3) is 0.533. The van der Waals surface area contributed by atoms with Crippen LogP contribution in [0.3, 0.4) is 0 Å². The van der Waals surface area contributed by atoms with Crippen molar-refractivity contribution in [2.45, 2.75) is 144 Å². The zero-order valence-electron chi connectivity index (χ0n) is 42.0. The third-order valence-corrected chi connectivity index (χ3v) is 11.6. The van der Waals surface area contributed by atoms with Gasteiger partial charge in [0.2, 0.25) is 70.9 Å². The molecule has 22 N–H and O–H groups in total. The average molecular weight is 1110 g/mol. The number of hydrogen-bond acceptors (Lipinski definition) is 18. The van der Waals surface area contributed by atoms with Crippen LogP contribution in [0.2, 0.25) is 0 Å². The third-order valence-electron chi connectivity index (χ3n) is 11.6. The van der Waals surface area contributed by atoms with E-state index in [0.717, 1.165) is 11.8 Å². The van der Waals surface area contributed by atoms with Gasteiger partial charge < -0.3 is 96.3 Å². The van der Waals surface area contributed by atoms with E-state index in [1.165, 1.54) is 24.3 Å². The van der Waals surface area contributed by atoms with E-state index in [9.17, 15) is 97.5 Å². The van der Waals surface area contributed by atoms with Gasteiger partial charge in [-0.3, -0.25) is 67.1 Å². The van der Waals surface area contributed by atoms with E-state index in [1.807, 2.05) is 5.32 Å². The molecular weight excluding hydrogens is 1040 g/mol. The molecule has 33 heteroatoms. The number of phenols is 1. The second kappa shape index (κ2) is 31.1. The Bertz CT molecular complexity index is 2440. The van der Waals surface area contributed by atoms with Crippen LogP contribution in [0.15, 0.2) is 24.3 Å². The Hall–Kier alpha value is -9.01. The highest BCUT2D eigenvalue weighted by atomic mass is 16.4. The van der Waals surface area contributed by atoms with Crippen LogP contribution in [0.1, 0.15) is 83.1 Å². The number of aliphatic hydroxyl groups excluding tert-OH is 1. The molecule has 1 aliphatic rings. The molecule has 1 saturated heterocycles. The second-order valence-electron chi connectivity index (χ2n) is 18.0. The number of amides is 12.